The molecule has 0 spiro atoms. The van der Waals surface area contributed by atoms with E-state index in [-0.39, 0.29) is 5.60 Å². The summed E-state index contributed by atoms with van der Waals surface area (Å²) in [7, 11) is 0. The maximum absolute atomic E-state index is 5.67. The monoisotopic (exact) mass is 270 g/mol. The number of rotatable bonds is 4. The van der Waals surface area contributed by atoms with Gasteiger partial charge in [0.15, 0.2) is 0 Å². The first-order chi connectivity index (χ1) is 6.97. The molecule has 1 aromatic carbocycles. The minimum atomic E-state index is -0.0142. The van der Waals surface area contributed by atoms with E-state index < -0.39 is 0 Å². The summed E-state index contributed by atoms with van der Waals surface area (Å²) in [5.41, 5.74) is 1.36. The number of benzene rings is 1. The van der Waals surface area contributed by atoms with Crippen molar-refractivity contribution in [2.45, 2.75) is 39.2 Å². The second-order valence-corrected chi connectivity index (χ2v) is 5.61. The lowest BCUT2D eigenvalue weighted by molar-refractivity contribution is -0.00384. The van der Waals surface area contributed by atoms with Crippen LogP contribution in [0, 0.1) is 0 Å². The van der Waals surface area contributed by atoms with Gasteiger partial charge in [-0.2, -0.15) is 0 Å². The highest BCUT2D eigenvalue weighted by atomic mass is 79.9. The lowest BCUT2D eigenvalue weighted by atomic mass is 10.1. The molecule has 0 radical (unpaired) electrons. The van der Waals surface area contributed by atoms with Crippen molar-refractivity contribution in [1.29, 1.82) is 0 Å². The lowest BCUT2D eigenvalue weighted by Crippen LogP contribution is -2.19. The Morgan fingerprint density at radius 3 is 2.27 bits per heavy atom. The Morgan fingerprint density at radius 2 is 1.73 bits per heavy atom. The standard InChI is InChI=1S/C13H19BrO/c1-13(2,3)15-10-4-5-11-6-8-12(14)9-7-11/h6-9H,4-5,10H2,1-3H3. The number of hydrogen-bond donors (Lipinski definition) is 0. The first kappa shape index (κ1) is 12.7. The Balaban J connectivity index is 2.23. The summed E-state index contributed by atoms with van der Waals surface area (Å²) in [6.45, 7) is 7.10. The number of ether oxygens (including phenoxy) is 1. The molecule has 0 fully saturated rings. The summed E-state index contributed by atoms with van der Waals surface area (Å²) in [5, 5.41) is 0. The molecule has 0 saturated carbocycles. The van der Waals surface area contributed by atoms with Crippen molar-refractivity contribution in [3.63, 3.8) is 0 Å². The van der Waals surface area contributed by atoms with Crippen LogP contribution in [0.5, 0.6) is 0 Å². The van der Waals surface area contributed by atoms with Crippen molar-refractivity contribution in [3.05, 3.63) is 34.3 Å². The highest BCUT2D eigenvalue weighted by molar-refractivity contribution is 9.10. The summed E-state index contributed by atoms with van der Waals surface area (Å²) < 4.78 is 6.80. The van der Waals surface area contributed by atoms with Crippen LogP contribution in [0.2, 0.25) is 0 Å². The van der Waals surface area contributed by atoms with Crippen molar-refractivity contribution in [1.82, 2.24) is 0 Å². The van der Waals surface area contributed by atoms with Crippen LogP contribution in [-0.2, 0) is 11.2 Å². The van der Waals surface area contributed by atoms with Crippen LogP contribution in [-0.4, -0.2) is 12.2 Å². The molecular weight excluding hydrogens is 252 g/mol. The molecule has 15 heavy (non-hydrogen) atoms. The molecule has 84 valence electrons. The smallest absolute Gasteiger partial charge is 0.0598 e. The van der Waals surface area contributed by atoms with Gasteiger partial charge in [0.1, 0.15) is 0 Å². The number of aryl methyl sites for hydroxylation is 1. The van der Waals surface area contributed by atoms with E-state index >= 15 is 0 Å². The molecule has 0 N–H and O–H groups in total. The summed E-state index contributed by atoms with van der Waals surface area (Å²) in [4.78, 5) is 0. The average Bonchev–Trinajstić information content (AvgIpc) is 2.14. The fourth-order valence-electron chi connectivity index (χ4n) is 1.31. The fraction of sp³-hybridized carbons (Fsp3) is 0.538. The Morgan fingerprint density at radius 1 is 1.13 bits per heavy atom. The second-order valence-electron chi connectivity index (χ2n) is 4.69. The average molecular weight is 271 g/mol. The van der Waals surface area contributed by atoms with E-state index in [0.717, 1.165) is 23.9 Å². The van der Waals surface area contributed by atoms with Crippen LogP contribution in [0.15, 0.2) is 28.7 Å². The molecule has 0 aromatic heterocycles. The van der Waals surface area contributed by atoms with Gasteiger partial charge in [-0.15, -0.1) is 0 Å². The topological polar surface area (TPSA) is 9.23 Å². The first-order valence-corrected chi connectivity index (χ1v) is 6.15. The van der Waals surface area contributed by atoms with E-state index in [1.54, 1.807) is 0 Å². The van der Waals surface area contributed by atoms with Crippen LogP contribution in [0.4, 0.5) is 0 Å². The highest BCUT2D eigenvalue weighted by Crippen LogP contribution is 2.13. The molecule has 0 aliphatic rings. The third-order valence-corrected chi connectivity index (χ3v) is 2.59. The highest BCUT2D eigenvalue weighted by Gasteiger charge is 2.08. The van der Waals surface area contributed by atoms with Gasteiger partial charge in [0.2, 0.25) is 0 Å². The summed E-state index contributed by atoms with van der Waals surface area (Å²) >= 11 is 3.43. The van der Waals surface area contributed by atoms with Crippen LogP contribution in [0.25, 0.3) is 0 Å². The molecule has 0 saturated heterocycles. The molecule has 0 unspecified atom stereocenters. The molecule has 0 heterocycles. The Hall–Kier alpha value is -0.340. The maximum atomic E-state index is 5.67. The van der Waals surface area contributed by atoms with E-state index in [4.69, 9.17) is 4.74 Å². The van der Waals surface area contributed by atoms with E-state index in [0.29, 0.717) is 0 Å². The molecule has 1 nitrogen and oxygen atoms in total. The van der Waals surface area contributed by atoms with Gasteiger partial charge in [0.05, 0.1) is 5.60 Å². The molecular formula is C13H19BrO. The first-order valence-electron chi connectivity index (χ1n) is 5.36. The summed E-state index contributed by atoms with van der Waals surface area (Å²) in [5.74, 6) is 0. The quantitative estimate of drug-likeness (QED) is 0.746. The summed E-state index contributed by atoms with van der Waals surface area (Å²) in [6, 6.07) is 8.47. The largest absolute Gasteiger partial charge is 0.376 e. The van der Waals surface area contributed by atoms with Crippen molar-refractivity contribution in [2.75, 3.05) is 6.61 Å². The zero-order chi connectivity index (χ0) is 11.3. The normalized spacial score (nSPS) is 11.7. The molecule has 0 bridgehead atoms. The SMILES string of the molecule is CC(C)(C)OCCCc1ccc(Br)cc1. The zero-order valence-electron chi connectivity index (χ0n) is 9.72. The van der Waals surface area contributed by atoms with Gasteiger partial charge in [0, 0.05) is 11.1 Å². The maximum Gasteiger partial charge on any atom is 0.0598 e. The van der Waals surface area contributed by atoms with Gasteiger partial charge >= 0.3 is 0 Å². The van der Waals surface area contributed by atoms with Crippen LogP contribution < -0.4 is 0 Å². The van der Waals surface area contributed by atoms with E-state index in [9.17, 15) is 0 Å². The summed E-state index contributed by atoms with van der Waals surface area (Å²) in [6.07, 6.45) is 2.17. The van der Waals surface area contributed by atoms with Gasteiger partial charge in [0.25, 0.3) is 0 Å². The third-order valence-electron chi connectivity index (χ3n) is 2.06. The molecule has 0 aliphatic heterocycles. The predicted octanol–water partition coefficient (Wildman–Crippen LogP) is 4.20. The van der Waals surface area contributed by atoms with Crippen molar-refractivity contribution in [2.24, 2.45) is 0 Å². The molecule has 0 amide bonds. The number of halogens is 1. The molecule has 2 heteroatoms. The number of hydrogen-bond acceptors (Lipinski definition) is 1. The van der Waals surface area contributed by atoms with Crippen LogP contribution in [0.3, 0.4) is 0 Å². The Labute approximate surface area is 101 Å². The van der Waals surface area contributed by atoms with Gasteiger partial charge in [-0.25, -0.2) is 0 Å². The third kappa shape index (κ3) is 5.95. The second kappa shape index (κ2) is 5.66. The Kier molecular flexibility index (Phi) is 4.81. The van der Waals surface area contributed by atoms with Crippen molar-refractivity contribution < 1.29 is 4.74 Å². The Bertz CT molecular complexity index is 284. The lowest BCUT2D eigenvalue weighted by Gasteiger charge is -2.19. The van der Waals surface area contributed by atoms with Gasteiger partial charge < -0.3 is 4.74 Å². The predicted molar refractivity (Wildman–Crippen MR) is 68.2 cm³/mol. The van der Waals surface area contributed by atoms with Gasteiger partial charge in [-0.1, -0.05) is 28.1 Å². The molecule has 0 atom stereocenters. The van der Waals surface area contributed by atoms with Crippen molar-refractivity contribution in [3.8, 4) is 0 Å². The van der Waals surface area contributed by atoms with E-state index in [1.165, 1.54) is 5.56 Å². The zero-order valence-corrected chi connectivity index (χ0v) is 11.3. The van der Waals surface area contributed by atoms with Crippen molar-refractivity contribution >= 4 is 15.9 Å². The van der Waals surface area contributed by atoms with Crippen LogP contribution in [0.1, 0.15) is 32.8 Å². The van der Waals surface area contributed by atoms with E-state index in [2.05, 4.69) is 61.0 Å². The van der Waals surface area contributed by atoms with Gasteiger partial charge in [-0.3, -0.25) is 0 Å². The minimum absolute atomic E-state index is 0.0142. The fourth-order valence-corrected chi connectivity index (χ4v) is 1.57. The van der Waals surface area contributed by atoms with E-state index in [1.807, 2.05) is 0 Å². The van der Waals surface area contributed by atoms with Crippen LogP contribution >= 0.6 is 15.9 Å². The minimum Gasteiger partial charge on any atom is -0.376 e. The van der Waals surface area contributed by atoms with Gasteiger partial charge in [-0.05, 0) is 51.3 Å². The molecule has 1 rings (SSSR count). The molecule has 1 aromatic rings. The molecule has 0 aliphatic carbocycles.